The molecule has 3 N–H and O–H groups in total. The number of anilines is 1. The van der Waals surface area contributed by atoms with E-state index >= 15 is 0 Å². The number of rotatable bonds is 2. The van der Waals surface area contributed by atoms with Crippen LogP contribution in [0.1, 0.15) is 12.8 Å². The second kappa shape index (κ2) is 4.55. The number of hydrogen-bond donors (Lipinski definition) is 3. The van der Waals surface area contributed by atoms with Crippen LogP contribution in [-0.2, 0) is 9.53 Å². The van der Waals surface area contributed by atoms with E-state index in [1.54, 1.807) is 0 Å². The largest absolute Gasteiger partial charge is 0.368 e. The van der Waals surface area contributed by atoms with Crippen LogP contribution in [0.2, 0.25) is 0 Å². The maximum Gasteiger partial charge on any atom is 0.253 e. The van der Waals surface area contributed by atoms with Crippen molar-refractivity contribution in [3.8, 4) is 0 Å². The van der Waals surface area contributed by atoms with Gasteiger partial charge in [-0.15, -0.1) is 0 Å². The van der Waals surface area contributed by atoms with E-state index in [2.05, 4.69) is 15.3 Å². The third-order valence-corrected chi connectivity index (χ3v) is 3.21. The van der Waals surface area contributed by atoms with Gasteiger partial charge < -0.3 is 20.0 Å². The number of fused-ring (bicyclic) bond motifs is 1. The third kappa shape index (κ3) is 2.16. The van der Waals surface area contributed by atoms with E-state index in [-0.39, 0.29) is 12.0 Å². The van der Waals surface area contributed by atoms with Gasteiger partial charge in [-0.05, 0) is 43.3 Å². The number of carbonyl (C=O) groups excluding carboxylic acids is 1. The van der Waals surface area contributed by atoms with Crippen molar-refractivity contribution in [3.63, 3.8) is 0 Å². The molecule has 0 spiro atoms. The monoisotopic (exact) mass is 263 g/mol. The summed E-state index contributed by atoms with van der Waals surface area (Å²) < 4.78 is 5.91. The minimum Gasteiger partial charge on any atom is -0.368 e. The fourth-order valence-corrected chi connectivity index (χ4v) is 2.34. The third-order valence-electron chi connectivity index (χ3n) is 3.01. The van der Waals surface area contributed by atoms with E-state index < -0.39 is 0 Å². The number of H-pyrrole nitrogens is 2. The van der Waals surface area contributed by atoms with Gasteiger partial charge in [-0.2, -0.15) is 0 Å². The zero-order chi connectivity index (χ0) is 12.5. The molecule has 1 aromatic carbocycles. The second-order valence-corrected chi connectivity index (χ2v) is 4.74. The highest BCUT2D eigenvalue weighted by Gasteiger charge is 2.23. The van der Waals surface area contributed by atoms with Gasteiger partial charge in [0, 0.05) is 12.3 Å². The van der Waals surface area contributed by atoms with Crippen molar-refractivity contribution in [1.29, 1.82) is 0 Å². The first-order chi connectivity index (χ1) is 8.72. The van der Waals surface area contributed by atoms with Crippen LogP contribution >= 0.6 is 12.2 Å². The Balaban J connectivity index is 1.81. The fraction of sp³-hybridized carbons (Fsp3) is 0.333. The lowest BCUT2D eigenvalue weighted by Crippen LogP contribution is -2.26. The predicted molar refractivity (Wildman–Crippen MR) is 71.1 cm³/mol. The van der Waals surface area contributed by atoms with Gasteiger partial charge in [0.15, 0.2) is 4.77 Å². The zero-order valence-corrected chi connectivity index (χ0v) is 10.5. The summed E-state index contributed by atoms with van der Waals surface area (Å²) in [5.41, 5.74) is 2.55. The lowest BCUT2D eigenvalue weighted by atomic mass is 10.2. The fourth-order valence-electron chi connectivity index (χ4n) is 2.12. The quantitative estimate of drug-likeness (QED) is 0.728. The molecule has 0 bridgehead atoms. The van der Waals surface area contributed by atoms with E-state index in [0.717, 1.165) is 29.6 Å². The molecule has 18 heavy (non-hydrogen) atoms. The van der Waals surface area contributed by atoms with Gasteiger partial charge >= 0.3 is 0 Å². The molecule has 1 aromatic heterocycles. The average molecular weight is 263 g/mol. The molecule has 2 aromatic rings. The van der Waals surface area contributed by atoms with Crippen molar-refractivity contribution >= 4 is 34.8 Å². The molecule has 3 rings (SSSR count). The zero-order valence-electron chi connectivity index (χ0n) is 9.66. The Morgan fingerprint density at radius 2 is 2.22 bits per heavy atom. The average Bonchev–Trinajstić information content (AvgIpc) is 2.95. The molecule has 5 nitrogen and oxygen atoms in total. The Bertz CT molecular complexity index is 640. The Morgan fingerprint density at radius 3 is 3.00 bits per heavy atom. The summed E-state index contributed by atoms with van der Waals surface area (Å²) in [5, 5.41) is 2.85. The first-order valence-corrected chi connectivity index (χ1v) is 6.28. The summed E-state index contributed by atoms with van der Waals surface area (Å²) in [6, 6.07) is 5.58. The van der Waals surface area contributed by atoms with Crippen LogP contribution in [0.5, 0.6) is 0 Å². The van der Waals surface area contributed by atoms with Crippen molar-refractivity contribution in [1.82, 2.24) is 9.97 Å². The van der Waals surface area contributed by atoms with Gasteiger partial charge in [-0.1, -0.05) is 0 Å². The van der Waals surface area contributed by atoms with Gasteiger partial charge in [0.05, 0.1) is 11.0 Å². The number of benzene rings is 1. The summed E-state index contributed by atoms with van der Waals surface area (Å²) in [5.74, 6) is -0.0824. The van der Waals surface area contributed by atoms with Crippen LogP contribution in [0, 0.1) is 4.77 Å². The van der Waals surface area contributed by atoms with Crippen LogP contribution in [0.15, 0.2) is 18.2 Å². The molecule has 94 valence electrons. The molecule has 1 aliphatic rings. The number of hydrogen-bond acceptors (Lipinski definition) is 3. The highest BCUT2D eigenvalue weighted by atomic mass is 32.1. The molecule has 0 unspecified atom stereocenters. The number of imidazole rings is 1. The van der Waals surface area contributed by atoms with Gasteiger partial charge in [-0.25, -0.2) is 0 Å². The molecule has 1 amide bonds. The number of carbonyl (C=O) groups is 1. The van der Waals surface area contributed by atoms with Gasteiger partial charge in [0.25, 0.3) is 5.91 Å². The highest BCUT2D eigenvalue weighted by Crippen LogP contribution is 2.18. The highest BCUT2D eigenvalue weighted by molar-refractivity contribution is 7.71. The van der Waals surface area contributed by atoms with E-state index in [0.29, 0.717) is 11.4 Å². The molecule has 0 radical (unpaired) electrons. The van der Waals surface area contributed by atoms with Crippen LogP contribution in [0.3, 0.4) is 0 Å². The van der Waals surface area contributed by atoms with Crippen LogP contribution in [-0.4, -0.2) is 28.6 Å². The Hall–Kier alpha value is -1.66. The Kier molecular flexibility index (Phi) is 2.89. The van der Waals surface area contributed by atoms with Crippen molar-refractivity contribution in [2.45, 2.75) is 18.9 Å². The van der Waals surface area contributed by atoms with E-state index in [1.807, 2.05) is 18.2 Å². The SMILES string of the molecule is O=C(Nc1ccc2[nH]c(=S)[nH]c2c1)[C@@H]1CCCO1. The smallest absolute Gasteiger partial charge is 0.253 e. The summed E-state index contributed by atoms with van der Waals surface area (Å²) >= 11 is 5.01. The molecule has 1 saturated heterocycles. The maximum atomic E-state index is 11.9. The predicted octanol–water partition coefficient (Wildman–Crippen LogP) is 2.34. The van der Waals surface area contributed by atoms with Crippen LogP contribution in [0.4, 0.5) is 5.69 Å². The first kappa shape index (κ1) is 11.4. The molecule has 1 atom stereocenters. The van der Waals surface area contributed by atoms with Crippen LogP contribution < -0.4 is 5.32 Å². The Morgan fingerprint density at radius 1 is 1.39 bits per heavy atom. The summed E-state index contributed by atoms with van der Waals surface area (Å²) in [7, 11) is 0. The number of aromatic nitrogens is 2. The van der Waals surface area contributed by atoms with E-state index in [9.17, 15) is 4.79 Å². The van der Waals surface area contributed by atoms with Crippen molar-refractivity contribution in [3.05, 3.63) is 23.0 Å². The van der Waals surface area contributed by atoms with E-state index in [4.69, 9.17) is 17.0 Å². The summed E-state index contributed by atoms with van der Waals surface area (Å²) in [4.78, 5) is 17.9. The van der Waals surface area contributed by atoms with Crippen molar-refractivity contribution in [2.24, 2.45) is 0 Å². The van der Waals surface area contributed by atoms with Crippen molar-refractivity contribution in [2.75, 3.05) is 11.9 Å². The van der Waals surface area contributed by atoms with Gasteiger partial charge in [0.2, 0.25) is 0 Å². The summed E-state index contributed by atoms with van der Waals surface area (Å²) in [6.45, 7) is 0.669. The van der Waals surface area contributed by atoms with Crippen LogP contribution in [0.25, 0.3) is 11.0 Å². The van der Waals surface area contributed by atoms with Gasteiger partial charge in [-0.3, -0.25) is 4.79 Å². The molecule has 0 aliphatic carbocycles. The lowest BCUT2D eigenvalue weighted by molar-refractivity contribution is -0.124. The normalized spacial score (nSPS) is 19.2. The molecule has 2 heterocycles. The molecule has 6 heteroatoms. The molecular weight excluding hydrogens is 250 g/mol. The van der Waals surface area contributed by atoms with Gasteiger partial charge in [0.1, 0.15) is 6.10 Å². The topological polar surface area (TPSA) is 69.9 Å². The molecular formula is C12H13N3O2S. The number of nitrogens with one attached hydrogen (secondary N) is 3. The summed E-state index contributed by atoms with van der Waals surface area (Å²) in [6.07, 6.45) is 1.42. The second-order valence-electron chi connectivity index (χ2n) is 4.33. The number of aromatic amines is 2. The van der Waals surface area contributed by atoms with E-state index in [1.165, 1.54) is 0 Å². The molecule has 1 aliphatic heterocycles. The van der Waals surface area contributed by atoms with Crippen molar-refractivity contribution < 1.29 is 9.53 Å². The first-order valence-electron chi connectivity index (χ1n) is 5.87. The number of amides is 1. The Labute approximate surface area is 109 Å². The number of ether oxygens (including phenoxy) is 1. The molecule has 1 fully saturated rings. The maximum absolute atomic E-state index is 11.9. The lowest BCUT2D eigenvalue weighted by Gasteiger charge is -2.10. The molecule has 0 saturated carbocycles. The minimum atomic E-state index is -0.314. The standard InChI is InChI=1S/C12H13N3O2S/c16-11(10-2-1-5-17-10)13-7-3-4-8-9(6-7)15-12(18)14-8/h3-4,6,10H,1-2,5H2,(H,13,16)(H2,14,15,18)/t10-/m0/s1. The minimum absolute atomic E-state index is 0.0824.